The summed E-state index contributed by atoms with van der Waals surface area (Å²) < 4.78 is 25.7. The second kappa shape index (κ2) is 8.66. The predicted molar refractivity (Wildman–Crippen MR) is 104 cm³/mol. The number of hydrogen-bond donors (Lipinski definition) is 1. The van der Waals surface area contributed by atoms with Crippen LogP contribution in [0.5, 0.6) is 0 Å². The highest BCUT2D eigenvalue weighted by molar-refractivity contribution is 7.89. The summed E-state index contributed by atoms with van der Waals surface area (Å²) in [6.07, 6.45) is 1.66. The van der Waals surface area contributed by atoms with E-state index in [-0.39, 0.29) is 21.5 Å². The van der Waals surface area contributed by atoms with E-state index >= 15 is 0 Å². The van der Waals surface area contributed by atoms with Gasteiger partial charge in [0, 0.05) is 14.1 Å². The molecule has 5 nitrogen and oxygen atoms in total. The summed E-state index contributed by atoms with van der Waals surface area (Å²) in [5, 5.41) is 3.18. The number of rotatable bonds is 7. The van der Waals surface area contributed by atoms with Crippen LogP contribution in [0.15, 0.2) is 53.4 Å². The third-order valence-electron chi connectivity index (χ3n) is 4.05. The largest absolute Gasteiger partial charge is 0.345 e. The molecule has 0 aliphatic carbocycles. The first-order valence-corrected chi connectivity index (χ1v) is 10.2. The first-order chi connectivity index (χ1) is 12.3. The SMILES string of the molecule is CCC[C@@H](NC(=O)c1cc(S(=O)(=O)N(C)C)ccc1Cl)c1ccccc1. The lowest BCUT2D eigenvalue weighted by atomic mass is 10.0. The van der Waals surface area contributed by atoms with E-state index < -0.39 is 15.9 Å². The summed E-state index contributed by atoms with van der Waals surface area (Å²) in [4.78, 5) is 12.8. The summed E-state index contributed by atoms with van der Waals surface area (Å²) in [7, 11) is -0.764. The fraction of sp³-hybridized carbons (Fsp3) is 0.316. The maximum absolute atomic E-state index is 12.8. The molecular formula is C19H23ClN2O3S. The zero-order valence-electron chi connectivity index (χ0n) is 15.1. The molecule has 26 heavy (non-hydrogen) atoms. The average molecular weight is 395 g/mol. The Balaban J connectivity index is 2.34. The molecule has 2 aromatic rings. The maximum Gasteiger partial charge on any atom is 0.253 e. The molecule has 0 bridgehead atoms. The number of carbonyl (C=O) groups excluding carboxylic acids is 1. The number of sulfonamides is 1. The lowest BCUT2D eigenvalue weighted by molar-refractivity contribution is 0.0934. The van der Waals surface area contributed by atoms with Gasteiger partial charge in [-0.3, -0.25) is 4.79 Å². The van der Waals surface area contributed by atoms with E-state index in [1.54, 1.807) is 0 Å². The van der Waals surface area contributed by atoms with Gasteiger partial charge in [-0.1, -0.05) is 55.3 Å². The number of benzene rings is 2. The fourth-order valence-electron chi connectivity index (χ4n) is 2.58. The van der Waals surface area contributed by atoms with Crippen molar-refractivity contribution in [1.82, 2.24) is 9.62 Å². The van der Waals surface area contributed by atoms with Crippen molar-refractivity contribution in [2.75, 3.05) is 14.1 Å². The molecule has 0 fully saturated rings. The molecule has 0 saturated heterocycles. The van der Waals surface area contributed by atoms with Crippen LogP contribution in [0.4, 0.5) is 0 Å². The quantitative estimate of drug-likeness (QED) is 0.775. The zero-order chi connectivity index (χ0) is 19.3. The number of halogens is 1. The van der Waals surface area contributed by atoms with Crippen molar-refractivity contribution >= 4 is 27.5 Å². The van der Waals surface area contributed by atoms with Crippen molar-refractivity contribution in [3.8, 4) is 0 Å². The van der Waals surface area contributed by atoms with Crippen molar-refractivity contribution in [3.63, 3.8) is 0 Å². The Kier molecular flexibility index (Phi) is 6.81. The highest BCUT2D eigenvalue weighted by Gasteiger charge is 2.22. The van der Waals surface area contributed by atoms with Crippen LogP contribution < -0.4 is 5.32 Å². The molecule has 1 N–H and O–H groups in total. The van der Waals surface area contributed by atoms with Crippen molar-refractivity contribution in [3.05, 3.63) is 64.7 Å². The van der Waals surface area contributed by atoms with Crippen LogP contribution in [0.25, 0.3) is 0 Å². The van der Waals surface area contributed by atoms with Crippen LogP contribution in [-0.4, -0.2) is 32.7 Å². The predicted octanol–water partition coefficient (Wildman–Crippen LogP) is 3.86. The second-order valence-electron chi connectivity index (χ2n) is 6.15. The molecule has 140 valence electrons. The van der Waals surface area contributed by atoms with Crippen LogP contribution in [0.2, 0.25) is 5.02 Å². The summed E-state index contributed by atoms with van der Waals surface area (Å²) in [5.74, 6) is -0.395. The van der Waals surface area contributed by atoms with Gasteiger partial charge in [0.1, 0.15) is 0 Å². The number of hydrogen-bond acceptors (Lipinski definition) is 3. The first-order valence-electron chi connectivity index (χ1n) is 8.35. The third kappa shape index (κ3) is 4.63. The number of carbonyl (C=O) groups is 1. The molecular weight excluding hydrogens is 372 g/mol. The zero-order valence-corrected chi connectivity index (χ0v) is 16.6. The molecule has 0 saturated carbocycles. The molecule has 1 atom stereocenters. The average Bonchev–Trinajstić information content (AvgIpc) is 2.62. The van der Waals surface area contributed by atoms with Crippen molar-refractivity contribution in [2.45, 2.75) is 30.7 Å². The lowest BCUT2D eigenvalue weighted by Gasteiger charge is -2.19. The molecule has 0 unspecified atom stereocenters. The molecule has 0 heterocycles. The van der Waals surface area contributed by atoms with Crippen molar-refractivity contribution in [1.29, 1.82) is 0 Å². The van der Waals surface area contributed by atoms with Crippen molar-refractivity contribution in [2.24, 2.45) is 0 Å². The van der Waals surface area contributed by atoms with E-state index in [4.69, 9.17) is 11.6 Å². The van der Waals surface area contributed by atoms with Gasteiger partial charge in [-0.05, 0) is 30.2 Å². The van der Waals surface area contributed by atoms with Crippen LogP contribution in [0.1, 0.15) is 41.7 Å². The molecule has 0 radical (unpaired) electrons. The van der Waals surface area contributed by atoms with Crippen LogP contribution >= 0.6 is 11.6 Å². The Hall–Kier alpha value is -1.89. The Bertz CT molecular complexity index is 868. The van der Waals surface area contributed by atoms with Gasteiger partial charge in [0.05, 0.1) is 21.5 Å². The molecule has 2 aromatic carbocycles. The van der Waals surface area contributed by atoms with Crippen molar-refractivity contribution < 1.29 is 13.2 Å². The monoisotopic (exact) mass is 394 g/mol. The van der Waals surface area contributed by atoms with Gasteiger partial charge in [0.15, 0.2) is 0 Å². The summed E-state index contributed by atoms with van der Waals surface area (Å²) in [6.45, 7) is 2.04. The van der Waals surface area contributed by atoms with Gasteiger partial charge >= 0.3 is 0 Å². The van der Waals surface area contributed by atoms with E-state index in [0.717, 1.165) is 22.7 Å². The molecule has 0 aromatic heterocycles. The van der Waals surface area contributed by atoms with Gasteiger partial charge in [-0.15, -0.1) is 0 Å². The van der Waals surface area contributed by atoms with Gasteiger partial charge in [-0.25, -0.2) is 12.7 Å². The molecule has 0 aliphatic heterocycles. The van der Waals surface area contributed by atoms with Crippen LogP contribution in [0, 0.1) is 0 Å². The summed E-state index contributed by atoms with van der Waals surface area (Å²) in [5.41, 5.74) is 1.14. The Morgan fingerprint density at radius 1 is 1.15 bits per heavy atom. The number of nitrogens with one attached hydrogen (secondary N) is 1. The summed E-state index contributed by atoms with van der Waals surface area (Å²) in [6, 6.07) is 13.6. The standard InChI is InChI=1S/C19H23ClN2O3S/c1-4-8-18(14-9-6-5-7-10-14)21-19(23)16-13-15(11-12-17(16)20)26(24,25)22(2)3/h5-7,9-13,18H,4,8H2,1-3H3,(H,21,23)/t18-/m1/s1. The van der Waals surface area contributed by atoms with Gasteiger partial charge < -0.3 is 5.32 Å². The maximum atomic E-state index is 12.8. The molecule has 0 aliphatic rings. The molecule has 2 rings (SSSR count). The van der Waals surface area contributed by atoms with E-state index in [1.807, 2.05) is 37.3 Å². The van der Waals surface area contributed by atoms with E-state index in [0.29, 0.717) is 0 Å². The minimum atomic E-state index is -3.65. The van der Waals surface area contributed by atoms with Crippen LogP contribution in [0.3, 0.4) is 0 Å². The highest BCUT2D eigenvalue weighted by Crippen LogP contribution is 2.24. The van der Waals surface area contributed by atoms with E-state index in [9.17, 15) is 13.2 Å². The Morgan fingerprint density at radius 3 is 2.38 bits per heavy atom. The number of amides is 1. The highest BCUT2D eigenvalue weighted by atomic mass is 35.5. The minimum absolute atomic E-state index is 0.0313. The first kappa shape index (κ1) is 20.4. The van der Waals surface area contributed by atoms with Crippen LogP contribution in [-0.2, 0) is 10.0 Å². The Labute approximate surface area is 160 Å². The van der Waals surface area contributed by atoms with Gasteiger partial charge in [-0.2, -0.15) is 0 Å². The third-order valence-corrected chi connectivity index (χ3v) is 6.19. The molecule has 1 amide bonds. The summed E-state index contributed by atoms with van der Waals surface area (Å²) >= 11 is 6.16. The molecule has 7 heteroatoms. The molecule has 0 spiro atoms. The minimum Gasteiger partial charge on any atom is -0.345 e. The van der Waals surface area contributed by atoms with E-state index in [2.05, 4.69) is 5.32 Å². The Morgan fingerprint density at radius 2 is 1.81 bits per heavy atom. The van der Waals surface area contributed by atoms with E-state index in [1.165, 1.54) is 32.3 Å². The fourth-order valence-corrected chi connectivity index (χ4v) is 3.71. The number of nitrogens with zero attached hydrogens (tertiary/aromatic N) is 1. The topological polar surface area (TPSA) is 66.5 Å². The van der Waals surface area contributed by atoms with Gasteiger partial charge in [0.25, 0.3) is 5.91 Å². The normalized spacial score (nSPS) is 12.8. The smallest absolute Gasteiger partial charge is 0.253 e. The second-order valence-corrected chi connectivity index (χ2v) is 8.71. The lowest BCUT2D eigenvalue weighted by Crippen LogP contribution is -2.29. The van der Waals surface area contributed by atoms with Gasteiger partial charge in [0.2, 0.25) is 10.0 Å².